The van der Waals surface area contributed by atoms with Crippen LogP contribution in [0, 0.1) is 0 Å². The molecule has 1 fully saturated rings. The first-order valence-electron chi connectivity index (χ1n) is 7.97. The molecule has 114 valence electrons. The Labute approximate surface area is 132 Å². The smallest absolute Gasteiger partial charge is 0.255 e. The lowest BCUT2D eigenvalue weighted by Crippen LogP contribution is -2.37. The Morgan fingerprint density at radius 2 is 1.77 bits per heavy atom. The van der Waals surface area contributed by atoms with Crippen molar-refractivity contribution in [2.24, 2.45) is 0 Å². The summed E-state index contributed by atoms with van der Waals surface area (Å²) in [6, 6.07) is 18.0. The van der Waals surface area contributed by atoms with Crippen LogP contribution in [0.15, 0.2) is 54.6 Å². The first kappa shape index (κ1) is 14.6. The minimum atomic E-state index is -0.0697. The van der Waals surface area contributed by atoms with Crippen molar-refractivity contribution in [3.05, 3.63) is 60.2 Å². The van der Waals surface area contributed by atoms with Gasteiger partial charge in [-0.2, -0.15) is 0 Å². The molecular weight excluding hydrogens is 272 g/mol. The standard InChI is InChI=1S/C19H22N2O/c1-15-7-5-6-14-21(15)18-12-10-17(11-13-18)20-19(22)16-8-3-2-4-9-16/h2-4,8-13,15H,5-7,14H2,1H3,(H,20,22). The molecule has 1 unspecified atom stereocenters. The zero-order valence-electron chi connectivity index (χ0n) is 13.0. The van der Waals surface area contributed by atoms with Crippen LogP contribution in [-0.2, 0) is 0 Å². The van der Waals surface area contributed by atoms with E-state index in [1.54, 1.807) is 0 Å². The van der Waals surface area contributed by atoms with Gasteiger partial charge in [0, 0.05) is 29.5 Å². The molecule has 0 aliphatic carbocycles. The SMILES string of the molecule is CC1CCCCN1c1ccc(NC(=O)c2ccccc2)cc1. The maximum atomic E-state index is 12.1. The van der Waals surface area contributed by atoms with E-state index in [2.05, 4.69) is 29.3 Å². The van der Waals surface area contributed by atoms with Gasteiger partial charge in [0.25, 0.3) is 5.91 Å². The van der Waals surface area contributed by atoms with Crippen LogP contribution >= 0.6 is 0 Å². The lowest BCUT2D eigenvalue weighted by molar-refractivity contribution is 0.102. The summed E-state index contributed by atoms with van der Waals surface area (Å²) in [5.74, 6) is -0.0697. The van der Waals surface area contributed by atoms with Gasteiger partial charge in [-0.1, -0.05) is 18.2 Å². The Kier molecular flexibility index (Phi) is 4.42. The van der Waals surface area contributed by atoms with Gasteiger partial charge in [-0.05, 0) is 62.6 Å². The Hall–Kier alpha value is -2.29. The number of carbonyl (C=O) groups excluding carboxylic acids is 1. The van der Waals surface area contributed by atoms with Gasteiger partial charge < -0.3 is 10.2 Å². The van der Waals surface area contributed by atoms with Crippen LogP contribution in [0.4, 0.5) is 11.4 Å². The third-order valence-corrected chi connectivity index (χ3v) is 4.30. The molecule has 3 nitrogen and oxygen atoms in total. The molecule has 0 bridgehead atoms. The largest absolute Gasteiger partial charge is 0.369 e. The minimum absolute atomic E-state index is 0.0697. The van der Waals surface area contributed by atoms with Crippen LogP contribution in [0.2, 0.25) is 0 Å². The molecule has 2 aromatic rings. The second-order valence-corrected chi connectivity index (χ2v) is 5.91. The molecule has 1 saturated heterocycles. The second kappa shape index (κ2) is 6.65. The number of amides is 1. The van der Waals surface area contributed by atoms with Gasteiger partial charge in [0.1, 0.15) is 0 Å². The van der Waals surface area contributed by atoms with Crippen molar-refractivity contribution in [2.45, 2.75) is 32.2 Å². The number of nitrogens with zero attached hydrogens (tertiary/aromatic N) is 1. The lowest BCUT2D eigenvalue weighted by Gasteiger charge is -2.35. The molecule has 1 aliphatic rings. The number of piperidine rings is 1. The molecule has 0 radical (unpaired) electrons. The van der Waals surface area contributed by atoms with E-state index in [0.717, 1.165) is 12.2 Å². The first-order valence-corrected chi connectivity index (χ1v) is 7.97. The van der Waals surface area contributed by atoms with E-state index >= 15 is 0 Å². The van der Waals surface area contributed by atoms with Crippen LogP contribution in [-0.4, -0.2) is 18.5 Å². The number of anilines is 2. The highest BCUT2D eigenvalue weighted by Crippen LogP contribution is 2.25. The molecule has 0 saturated carbocycles. The van der Waals surface area contributed by atoms with E-state index in [-0.39, 0.29) is 5.91 Å². The summed E-state index contributed by atoms with van der Waals surface area (Å²) in [5, 5.41) is 2.94. The van der Waals surface area contributed by atoms with E-state index < -0.39 is 0 Å². The normalized spacial score (nSPS) is 18.0. The molecule has 1 heterocycles. The van der Waals surface area contributed by atoms with Crippen LogP contribution in [0.25, 0.3) is 0 Å². The molecule has 0 aromatic heterocycles. The monoisotopic (exact) mass is 294 g/mol. The van der Waals surface area contributed by atoms with E-state index in [4.69, 9.17) is 0 Å². The maximum absolute atomic E-state index is 12.1. The highest BCUT2D eigenvalue weighted by atomic mass is 16.1. The molecule has 2 aromatic carbocycles. The van der Waals surface area contributed by atoms with Crippen molar-refractivity contribution in [1.82, 2.24) is 0 Å². The molecule has 3 rings (SSSR count). The van der Waals surface area contributed by atoms with Gasteiger partial charge in [-0.25, -0.2) is 0 Å². The van der Waals surface area contributed by atoms with E-state index in [0.29, 0.717) is 11.6 Å². The molecule has 1 amide bonds. The van der Waals surface area contributed by atoms with Crippen molar-refractivity contribution in [1.29, 1.82) is 0 Å². The molecule has 3 heteroatoms. The Morgan fingerprint density at radius 1 is 1.05 bits per heavy atom. The highest BCUT2D eigenvalue weighted by Gasteiger charge is 2.18. The van der Waals surface area contributed by atoms with E-state index in [9.17, 15) is 4.79 Å². The van der Waals surface area contributed by atoms with Crippen molar-refractivity contribution in [3.63, 3.8) is 0 Å². The molecular formula is C19H22N2O. The van der Waals surface area contributed by atoms with Crippen molar-refractivity contribution >= 4 is 17.3 Å². The summed E-state index contributed by atoms with van der Waals surface area (Å²) in [6.45, 7) is 3.40. The van der Waals surface area contributed by atoms with Crippen LogP contribution in [0.5, 0.6) is 0 Å². The topological polar surface area (TPSA) is 32.3 Å². The van der Waals surface area contributed by atoms with Crippen molar-refractivity contribution in [3.8, 4) is 0 Å². The third-order valence-electron chi connectivity index (χ3n) is 4.30. The summed E-state index contributed by atoms with van der Waals surface area (Å²) >= 11 is 0. The lowest BCUT2D eigenvalue weighted by atomic mass is 10.0. The number of carbonyl (C=O) groups is 1. The molecule has 22 heavy (non-hydrogen) atoms. The fraction of sp³-hybridized carbons (Fsp3) is 0.316. The van der Waals surface area contributed by atoms with Crippen molar-refractivity contribution in [2.75, 3.05) is 16.8 Å². The van der Waals surface area contributed by atoms with Crippen molar-refractivity contribution < 1.29 is 4.79 Å². The van der Waals surface area contributed by atoms with Gasteiger partial charge in [0.05, 0.1) is 0 Å². The average Bonchev–Trinajstić information content (AvgIpc) is 2.57. The summed E-state index contributed by atoms with van der Waals surface area (Å²) in [7, 11) is 0. The Balaban J connectivity index is 1.68. The molecule has 0 spiro atoms. The Morgan fingerprint density at radius 3 is 2.45 bits per heavy atom. The molecule has 1 N–H and O–H groups in total. The van der Waals surface area contributed by atoms with Gasteiger partial charge in [0.15, 0.2) is 0 Å². The van der Waals surface area contributed by atoms with E-state index in [1.807, 2.05) is 42.5 Å². The van der Waals surface area contributed by atoms with E-state index in [1.165, 1.54) is 24.9 Å². The number of nitrogens with one attached hydrogen (secondary N) is 1. The second-order valence-electron chi connectivity index (χ2n) is 5.91. The average molecular weight is 294 g/mol. The predicted molar refractivity (Wildman–Crippen MR) is 91.5 cm³/mol. The predicted octanol–water partition coefficient (Wildman–Crippen LogP) is 4.32. The zero-order valence-corrected chi connectivity index (χ0v) is 13.0. The van der Waals surface area contributed by atoms with Crippen LogP contribution in [0.3, 0.4) is 0 Å². The molecule has 1 aliphatic heterocycles. The van der Waals surface area contributed by atoms with Gasteiger partial charge in [-0.15, -0.1) is 0 Å². The summed E-state index contributed by atoms with van der Waals surface area (Å²) in [4.78, 5) is 14.6. The number of rotatable bonds is 3. The van der Waals surface area contributed by atoms with Gasteiger partial charge in [-0.3, -0.25) is 4.79 Å². The highest BCUT2D eigenvalue weighted by molar-refractivity contribution is 6.04. The maximum Gasteiger partial charge on any atom is 0.255 e. The minimum Gasteiger partial charge on any atom is -0.369 e. The van der Waals surface area contributed by atoms with Crippen LogP contribution in [0.1, 0.15) is 36.5 Å². The summed E-state index contributed by atoms with van der Waals surface area (Å²) < 4.78 is 0. The van der Waals surface area contributed by atoms with Gasteiger partial charge in [0.2, 0.25) is 0 Å². The summed E-state index contributed by atoms with van der Waals surface area (Å²) in [5.41, 5.74) is 2.75. The number of hydrogen-bond donors (Lipinski definition) is 1. The third kappa shape index (κ3) is 3.30. The molecule has 1 atom stereocenters. The fourth-order valence-electron chi connectivity index (χ4n) is 3.01. The number of hydrogen-bond acceptors (Lipinski definition) is 2. The van der Waals surface area contributed by atoms with Crippen LogP contribution < -0.4 is 10.2 Å². The number of benzene rings is 2. The quantitative estimate of drug-likeness (QED) is 0.914. The summed E-state index contributed by atoms with van der Waals surface area (Å²) in [6.07, 6.45) is 3.84. The zero-order chi connectivity index (χ0) is 15.4. The first-order chi connectivity index (χ1) is 10.7. The fourth-order valence-corrected chi connectivity index (χ4v) is 3.01. The van der Waals surface area contributed by atoms with Gasteiger partial charge >= 0.3 is 0 Å². The Bertz CT molecular complexity index is 622.